The molecule has 2 amide bonds. The summed E-state index contributed by atoms with van der Waals surface area (Å²) in [5, 5.41) is 10.2. The van der Waals surface area contributed by atoms with Gasteiger partial charge in [0.2, 0.25) is 11.8 Å². The molecule has 45 heavy (non-hydrogen) atoms. The number of aryl methyl sites for hydroxylation is 1. The molecule has 0 spiro atoms. The van der Waals surface area contributed by atoms with Crippen LogP contribution in [0.25, 0.3) is 0 Å². The second-order valence-corrected chi connectivity index (χ2v) is 13.1. The molecule has 0 radical (unpaired) electrons. The Bertz CT molecular complexity index is 1570. The van der Waals surface area contributed by atoms with Crippen LogP contribution in [-0.4, -0.2) is 76.8 Å². The number of carbonyl (C=O) groups is 2. The number of carbonyl (C=O) groups excluding carboxylic acids is 2. The molecule has 3 aliphatic rings. The number of rotatable bonds is 8. The number of piperidine rings is 3. The number of imide groups is 1. The van der Waals surface area contributed by atoms with Gasteiger partial charge in [-0.15, -0.1) is 0 Å². The number of halogens is 1. The van der Waals surface area contributed by atoms with Gasteiger partial charge in [-0.25, -0.2) is 4.68 Å². The largest absolute Gasteiger partial charge is 0.490 e. The van der Waals surface area contributed by atoms with Crippen molar-refractivity contribution in [2.75, 3.05) is 38.5 Å². The predicted octanol–water partition coefficient (Wildman–Crippen LogP) is 3.90. The first kappa shape index (κ1) is 31.3. The standard InChI is InChI=1S/C34H41ClN6O4/c1-39-20-25(17-26(21-39)37-30-18-36-40(2)34(44)32(30)35)23-5-3-22(4-6-23)19-41-15-13-28(14-16-41)45-27-9-7-24(8-10-27)29-11-12-31(42)38-33(29)43/h3-10,18,25-26,28-29,37H,11-17,19-21H2,1-2H3,(H,38,42,43)/t25-,26+,29?/m1/s1. The van der Waals surface area contributed by atoms with Crippen molar-refractivity contribution in [3.63, 3.8) is 0 Å². The molecule has 0 aliphatic carbocycles. The highest BCUT2D eigenvalue weighted by molar-refractivity contribution is 6.32. The van der Waals surface area contributed by atoms with Gasteiger partial charge in [-0.05, 0) is 67.5 Å². The maximum atomic E-state index is 12.2. The molecule has 6 rings (SSSR count). The average molecular weight is 633 g/mol. The van der Waals surface area contributed by atoms with E-state index < -0.39 is 0 Å². The molecule has 1 unspecified atom stereocenters. The van der Waals surface area contributed by atoms with E-state index in [-0.39, 0.29) is 40.5 Å². The maximum Gasteiger partial charge on any atom is 0.287 e. The van der Waals surface area contributed by atoms with Crippen molar-refractivity contribution in [3.05, 3.63) is 86.8 Å². The van der Waals surface area contributed by atoms with E-state index >= 15 is 0 Å². The smallest absolute Gasteiger partial charge is 0.287 e. The fraction of sp³-hybridized carbons (Fsp3) is 0.471. The zero-order valence-electron chi connectivity index (χ0n) is 25.9. The van der Waals surface area contributed by atoms with E-state index in [1.54, 1.807) is 13.2 Å². The lowest BCUT2D eigenvalue weighted by Crippen LogP contribution is -2.43. The summed E-state index contributed by atoms with van der Waals surface area (Å²) >= 11 is 6.31. The van der Waals surface area contributed by atoms with Crippen molar-refractivity contribution in [1.29, 1.82) is 0 Å². The van der Waals surface area contributed by atoms with Crippen LogP contribution < -0.4 is 20.9 Å². The number of benzene rings is 2. The van der Waals surface area contributed by atoms with Crippen molar-refractivity contribution in [2.45, 2.75) is 62.6 Å². The Hall–Kier alpha value is -3.73. The third kappa shape index (κ3) is 7.57. The SMILES string of the molecule is CN1C[C@@H](Nc2cnn(C)c(=O)c2Cl)C[C@@H](c2ccc(CN3CCC(Oc4ccc(C5CCC(=O)NC5=O)cc4)CC3)cc2)C1. The first-order valence-corrected chi connectivity index (χ1v) is 16.2. The molecule has 3 atom stereocenters. The summed E-state index contributed by atoms with van der Waals surface area (Å²) in [5.41, 5.74) is 3.84. The molecular formula is C34H41ClN6O4. The van der Waals surface area contributed by atoms with Crippen molar-refractivity contribution >= 4 is 29.1 Å². The lowest BCUT2D eigenvalue weighted by Gasteiger charge is -2.37. The van der Waals surface area contributed by atoms with Crippen LogP contribution in [0, 0.1) is 0 Å². The van der Waals surface area contributed by atoms with Crippen molar-refractivity contribution in [1.82, 2.24) is 24.9 Å². The number of hydrogen-bond acceptors (Lipinski definition) is 8. The summed E-state index contributed by atoms with van der Waals surface area (Å²) < 4.78 is 7.52. The van der Waals surface area contributed by atoms with E-state index in [0.717, 1.165) is 63.3 Å². The highest BCUT2D eigenvalue weighted by atomic mass is 35.5. The lowest BCUT2D eigenvalue weighted by atomic mass is 9.87. The number of likely N-dealkylation sites (tertiary alicyclic amines) is 2. The Labute approximate surface area is 268 Å². The van der Waals surface area contributed by atoms with Gasteiger partial charge in [0.1, 0.15) is 16.9 Å². The molecule has 3 fully saturated rings. The van der Waals surface area contributed by atoms with E-state index in [2.05, 4.69) is 56.8 Å². The number of hydrogen-bond donors (Lipinski definition) is 2. The van der Waals surface area contributed by atoms with Gasteiger partial charge < -0.3 is 15.0 Å². The molecule has 3 aliphatic heterocycles. The molecule has 10 nitrogen and oxygen atoms in total. The topological polar surface area (TPSA) is 109 Å². The number of anilines is 1. The normalized spacial score (nSPS) is 23.5. The van der Waals surface area contributed by atoms with Gasteiger partial charge in [-0.3, -0.25) is 24.6 Å². The van der Waals surface area contributed by atoms with Crippen LogP contribution >= 0.6 is 11.6 Å². The number of aromatic nitrogens is 2. The number of nitrogens with zero attached hydrogens (tertiary/aromatic N) is 4. The molecule has 4 heterocycles. The minimum atomic E-state index is -0.298. The van der Waals surface area contributed by atoms with Gasteiger partial charge in [-0.1, -0.05) is 48.0 Å². The van der Waals surface area contributed by atoms with Crippen LogP contribution in [0.15, 0.2) is 59.5 Å². The highest BCUT2D eigenvalue weighted by Gasteiger charge is 2.29. The summed E-state index contributed by atoms with van der Waals surface area (Å²) in [6.07, 6.45) is 5.59. The quantitative estimate of drug-likeness (QED) is 0.360. The monoisotopic (exact) mass is 632 g/mol. The van der Waals surface area contributed by atoms with Gasteiger partial charge in [-0.2, -0.15) is 5.10 Å². The highest BCUT2D eigenvalue weighted by Crippen LogP contribution is 2.30. The molecule has 3 saturated heterocycles. The molecule has 2 aromatic carbocycles. The molecular weight excluding hydrogens is 592 g/mol. The summed E-state index contributed by atoms with van der Waals surface area (Å²) in [5.74, 6) is 0.506. The van der Waals surface area contributed by atoms with Crippen LogP contribution in [0.5, 0.6) is 5.75 Å². The zero-order chi connectivity index (χ0) is 31.5. The Morgan fingerprint density at radius 1 is 0.956 bits per heavy atom. The summed E-state index contributed by atoms with van der Waals surface area (Å²) in [7, 11) is 3.72. The third-order valence-corrected chi connectivity index (χ3v) is 9.65. The molecule has 1 aromatic heterocycles. The third-order valence-electron chi connectivity index (χ3n) is 9.29. The predicted molar refractivity (Wildman–Crippen MR) is 174 cm³/mol. The van der Waals surface area contributed by atoms with Crippen molar-refractivity contribution in [2.24, 2.45) is 7.05 Å². The fourth-order valence-electron chi connectivity index (χ4n) is 6.82. The van der Waals surface area contributed by atoms with Gasteiger partial charge in [0.15, 0.2) is 0 Å². The Morgan fingerprint density at radius 3 is 2.38 bits per heavy atom. The van der Waals surface area contributed by atoms with Crippen molar-refractivity contribution < 1.29 is 14.3 Å². The second-order valence-electron chi connectivity index (χ2n) is 12.7. The number of ether oxygens (including phenoxy) is 1. The van der Waals surface area contributed by atoms with Gasteiger partial charge in [0.05, 0.1) is 17.8 Å². The van der Waals surface area contributed by atoms with Crippen LogP contribution in [0.3, 0.4) is 0 Å². The fourth-order valence-corrected chi connectivity index (χ4v) is 7.04. The molecule has 0 saturated carbocycles. The van der Waals surface area contributed by atoms with Crippen LogP contribution in [0.1, 0.15) is 60.6 Å². The van der Waals surface area contributed by atoms with Gasteiger partial charge >= 0.3 is 0 Å². The molecule has 11 heteroatoms. The lowest BCUT2D eigenvalue weighted by molar-refractivity contribution is -0.134. The van der Waals surface area contributed by atoms with Gasteiger partial charge in [0, 0.05) is 52.2 Å². The summed E-state index contributed by atoms with van der Waals surface area (Å²) in [6.45, 7) is 4.71. The molecule has 0 bridgehead atoms. The molecule has 2 N–H and O–H groups in total. The number of likely N-dealkylation sites (N-methyl/N-ethyl adjacent to an activating group) is 1. The second kappa shape index (κ2) is 13.7. The Kier molecular flexibility index (Phi) is 9.53. The first-order chi connectivity index (χ1) is 21.7. The zero-order valence-corrected chi connectivity index (χ0v) is 26.6. The van der Waals surface area contributed by atoms with E-state index in [1.807, 2.05) is 24.3 Å². The van der Waals surface area contributed by atoms with Crippen LogP contribution in [0.4, 0.5) is 5.69 Å². The summed E-state index contributed by atoms with van der Waals surface area (Å²) in [6, 6.07) is 16.9. The van der Waals surface area contributed by atoms with Gasteiger partial charge in [0.25, 0.3) is 5.56 Å². The van der Waals surface area contributed by atoms with E-state index in [9.17, 15) is 14.4 Å². The van der Waals surface area contributed by atoms with Crippen LogP contribution in [-0.2, 0) is 23.2 Å². The molecule has 238 valence electrons. The van der Waals surface area contributed by atoms with E-state index in [1.165, 1.54) is 15.8 Å². The van der Waals surface area contributed by atoms with Crippen LogP contribution in [0.2, 0.25) is 5.02 Å². The summed E-state index contributed by atoms with van der Waals surface area (Å²) in [4.78, 5) is 40.6. The Morgan fingerprint density at radius 2 is 1.67 bits per heavy atom. The van der Waals surface area contributed by atoms with E-state index in [4.69, 9.17) is 16.3 Å². The average Bonchev–Trinajstić information content (AvgIpc) is 3.03. The first-order valence-electron chi connectivity index (χ1n) is 15.8. The maximum absolute atomic E-state index is 12.2. The minimum absolute atomic E-state index is 0.159. The number of amides is 2. The number of nitrogens with one attached hydrogen (secondary N) is 2. The minimum Gasteiger partial charge on any atom is -0.490 e. The Balaban J connectivity index is 0.973. The van der Waals surface area contributed by atoms with E-state index in [0.29, 0.717) is 24.4 Å². The van der Waals surface area contributed by atoms with Crippen molar-refractivity contribution in [3.8, 4) is 5.75 Å². The molecule has 3 aromatic rings.